The van der Waals surface area contributed by atoms with Gasteiger partial charge in [-0.25, -0.2) is 0 Å². The number of nitrogens with one attached hydrogen (secondary N) is 1. The Morgan fingerprint density at radius 2 is 2.00 bits per heavy atom. The lowest BCUT2D eigenvalue weighted by Gasteiger charge is -2.08. The Morgan fingerprint density at radius 3 is 2.72 bits per heavy atom. The predicted molar refractivity (Wildman–Crippen MR) is 67.4 cm³/mol. The molecule has 0 radical (unpaired) electrons. The first-order valence-corrected chi connectivity index (χ1v) is 5.40. The van der Waals surface area contributed by atoms with Crippen LogP contribution in [0.3, 0.4) is 0 Å². The van der Waals surface area contributed by atoms with Crippen molar-refractivity contribution in [2.75, 3.05) is 14.2 Å². The lowest BCUT2D eigenvalue weighted by molar-refractivity contribution is 0.397. The second-order valence-corrected chi connectivity index (χ2v) is 3.87. The van der Waals surface area contributed by atoms with Crippen molar-refractivity contribution in [1.82, 2.24) is 4.98 Å². The first kappa shape index (κ1) is 10.7. The number of pyridine rings is 1. The zero-order valence-corrected chi connectivity index (χ0v) is 9.94. The van der Waals surface area contributed by atoms with Gasteiger partial charge < -0.3 is 18.9 Å². The summed E-state index contributed by atoms with van der Waals surface area (Å²) in [6, 6.07) is 5.04. The molecule has 2 aromatic heterocycles. The second-order valence-electron chi connectivity index (χ2n) is 3.87. The molecule has 0 amide bonds. The van der Waals surface area contributed by atoms with Gasteiger partial charge in [0.05, 0.1) is 36.8 Å². The number of aromatic nitrogens is 1. The van der Waals surface area contributed by atoms with Gasteiger partial charge in [-0.2, -0.15) is 0 Å². The van der Waals surface area contributed by atoms with Crippen LogP contribution in [0.1, 0.15) is 0 Å². The molecule has 0 saturated carbocycles. The van der Waals surface area contributed by atoms with Crippen LogP contribution >= 0.6 is 0 Å². The Labute approximate surface area is 102 Å². The number of furan rings is 1. The van der Waals surface area contributed by atoms with Crippen molar-refractivity contribution in [3.05, 3.63) is 34.7 Å². The van der Waals surface area contributed by atoms with E-state index in [1.807, 2.05) is 0 Å². The van der Waals surface area contributed by atoms with Gasteiger partial charge >= 0.3 is 0 Å². The number of rotatable bonds is 2. The predicted octanol–water partition coefficient (Wildman–Crippen LogP) is 2.29. The maximum Gasteiger partial charge on any atom is 0.208 e. The summed E-state index contributed by atoms with van der Waals surface area (Å²) in [5.74, 6) is 1.12. The molecular formula is C13H11NO4. The summed E-state index contributed by atoms with van der Waals surface area (Å²) >= 11 is 0. The molecule has 0 fully saturated rings. The van der Waals surface area contributed by atoms with Crippen LogP contribution in [0.15, 0.2) is 33.7 Å². The summed E-state index contributed by atoms with van der Waals surface area (Å²) in [4.78, 5) is 15.3. The highest BCUT2D eigenvalue weighted by Gasteiger charge is 2.12. The van der Waals surface area contributed by atoms with E-state index in [4.69, 9.17) is 13.9 Å². The van der Waals surface area contributed by atoms with Crippen LogP contribution < -0.4 is 14.9 Å². The molecule has 0 saturated heterocycles. The van der Waals surface area contributed by atoms with E-state index in [0.29, 0.717) is 33.5 Å². The number of aromatic amines is 1. The highest BCUT2D eigenvalue weighted by molar-refractivity contribution is 5.94. The van der Waals surface area contributed by atoms with E-state index < -0.39 is 0 Å². The molecule has 0 spiro atoms. The normalized spacial score (nSPS) is 11.0. The van der Waals surface area contributed by atoms with Gasteiger partial charge in [-0.05, 0) is 12.1 Å². The van der Waals surface area contributed by atoms with Crippen molar-refractivity contribution in [2.24, 2.45) is 0 Å². The van der Waals surface area contributed by atoms with Crippen molar-refractivity contribution in [1.29, 1.82) is 0 Å². The van der Waals surface area contributed by atoms with Crippen LogP contribution in [-0.4, -0.2) is 19.2 Å². The van der Waals surface area contributed by atoms with Gasteiger partial charge in [0.2, 0.25) is 11.1 Å². The summed E-state index contributed by atoms with van der Waals surface area (Å²) in [5, 5.41) is 1.03. The van der Waals surface area contributed by atoms with E-state index in [1.54, 1.807) is 32.4 Å². The zero-order chi connectivity index (χ0) is 12.7. The highest BCUT2D eigenvalue weighted by atomic mass is 16.5. The largest absolute Gasteiger partial charge is 0.497 e. The number of ether oxygens (including phenoxy) is 2. The minimum absolute atomic E-state index is 0.107. The molecule has 0 bridgehead atoms. The van der Waals surface area contributed by atoms with E-state index in [9.17, 15) is 4.79 Å². The topological polar surface area (TPSA) is 64.5 Å². The van der Waals surface area contributed by atoms with Crippen molar-refractivity contribution in [3.63, 3.8) is 0 Å². The van der Waals surface area contributed by atoms with Crippen LogP contribution in [0.2, 0.25) is 0 Å². The number of hydrogen-bond donors (Lipinski definition) is 1. The minimum atomic E-state index is -0.107. The van der Waals surface area contributed by atoms with E-state index in [1.165, 1.54) is 6.26 Å². The van der Waals surface area contributed by atoms with Crippen molar-refractivity contribution < 1.29 is 13.9 Å². The van der Waals surface area contributed by atoms with E-state index in [0.717, 1.165) is 0 Å². The van der Waals surface area contributed by atoms with Gasteiger partial charge in [-0.15, -0.1) is 0 Å². The van der Waals surface area contributed by atoms with Crippen LogP contribution in [-0.2, 0) is 0 Å². The Kier molecular flexibility index (Phi) is 2.26. The molecule has 1 aromatic carbocycles. The smallest absolute Gasteiger partial charge is 0.208 e. The van der Waals surface area contributed by atoms with Crippen LogP contribution in [0.4, 0.5) is 0 Å². The van der Waals surface area contributed by atoms with Gasteiger partial charge in [-0.1, -0.05) is 0 Å². The van der Waals surface area contributed by atoms with Gasteiger partial charge in [0.25, 0.3) is 0 Å². The summed E-state index contributed by atoms with van der Waals surface area (Å²) in [5.41, 5.74) is 0.936. The Bertz CT molecular complexity index is 785. The molecule has 1 N–H and O–H groups in total. The molecule has 3 aromatic rings. The average Bonchev–Trinajstić information content (AvgIpc) is 2.86. The Hall–Kier alpha value is -2.43. The fourth-order valence-corrected chi connectivity index (χ4v) is 2.02. The van der Waals surface area contributed by atoms with Crippen LogP contribution in [0.25, 0.3) is 22.0 Å². The van der Waals surface area contributed by atoms with Gasteiger partial charge in [-0.3, -0.25) is 4.79 Å². The number of benzene rings is 1. The third-order valence-electron chi connectivity index (χ3n) is 2.92. The molecule has 0 atom stereocenters. The lowest BCUT2D eigenvalue weighted by atomic mass is 10.1. The number of fused-ring (bicyclic) bond motifs is 2. The first-order chi connectivity index (χ1) is 8.74. The maximum atomic E-state index is 12.3. The third-order valence-corrected chi connectivity index (χ3v) is 2.92. The molecule has 0 unspecified atom stereocenters. The second kappa shape index (κ2) is 3.80. The van der Waals surface area contributed by atoms with E-state index in [-0.39, 0.29) is 5.43 Å². The monoisotopic (exact) mass is 245 g/mol. The maximum absolute atomic E-state index is 12.3. The fourth-order valence-electron chi connectivity index (χ4n) is 2.02. The van der Waals surface area contributed by atoms with E-state index in [2.05, 4.69) is 4.98 Å². The highest BCUT2D eigenvalue weighted by Crippen LogP contribution is 2.29. The lowest BCUT2D eigenvalue weighted by Crippen LogP contribution is -2.04. The zero-order valence-electron chi connectivity index (χ0n) is 9.94. The average molecular weight is 245 g/mol. The molecule has 0 aliphatic heterocycles. The SMILES string of the molecule is COc1cc(OC)c2[nH]c3occc3c(=O)c2c1. The standard InChI is InChI=1S/C13H11NO4/c1-16-7-5-9-11(10(6-7)17-2)14-13-8(12(9)15)3-4-18-13/h3-6H,1-2H3,(H,14,15). The van der Waals surface area contributed by atoms with Crippen LogP contribution in [0, 0.1) is 0 Å². The van der Waals surface area contributed by atoms with Crippen molar-refractivity contribution in [2.45, 2.75) is 0 Å². The van der Waals surface area contributed by atoms with Crippen LogP contribution in [0.5, 0.6) is 11.5 Å². The summed E-state index contributed by atoms with van der Waals surface area (Å²) in [6.07, 6.45) is 1.48. The Balaban J connectivity index is 2.54. The Morgan fingerprint density at radius 1 is 1.17 bits per heavy atom. The van der Waals surface area contributed by atoms with E-state index >= 15 is 0 Å². The molecule has 0 aliphatic carbocycles. The van der Waals surface area contributed by atoms with Crippen molar-refractivity contribution in [3.8, 4) is 11.5 Å². The molecule has 0 aliphatic rings. The number of H-pyrrole nitrogens is 1. The third kappa shape index (κ3) is 1.37. The van der Waals surface area contributed by atoms with Crippen molar-refractivity contribution >= 4 is 22.0 Å². The number of hydrogen-bond acceptors (Lipinski definition) is 4. The molecule has 2 heterocycles. The van der Waals surface area contributed by atoms with Gasteiger partial charge in [0, 0.05) is 6.07 Å². The minimum Gasteiger partial charge on any atom is -0.497 e. The summed E-state index contributed by atoms with van der Waals surface area (Å²) in [6.45, 7) is 0. The summed E-state index contributed by atoms with van der Waals surface area (Å²) < 4.78 is 15.6. The first-order valence-electron chi connectivity index (χ1n) is 5.40. The molecule has 3 rings (SSSR count). The fraction of sp³-hybridized carbons (Fsp3) is 0.154. The molecular weight excluding hydrogens is 234 g/mol. The van der Waals surface area contributed by atoms with Gasteiger partial charge in [0.15, 0.2) is 0 Å². The molecule has 5 nitrogen and oxygen atoms in total. The van der Waals surface area contributed by atoms with Gasteiger partial charge in [0.1, 0.15) is 11.5 Å². The molecule has 92 valence electrons. The quantitative estimate of drug-likeness (QED) is 0.752. The molecule has 5 heteroatoms. The number of methoxy groups -OCH3 is 2. The molecule has 18 heavy (non-hydrogen) atoms. The summed E-state index contributed by atoms with van der Waals surface area (Å²) in [7, 11) is 3.09.